The number of ether oxygens (including phenoxy) is 2. The van der Waals surface area contributed by atoms with E-state index in [4.69, 9.17) is 9.47 Å². The summed E-state index contributed by atoms with van der Waals surface area (Å²) in [7, 11) is 0. The van der Waals surface area contributed by atoms with Crippen LogP contribution in [0.2, 0.25) is 0 Å². The number of hydrogen-bond donors (Lipinski definition) is 0. The van der Waals surface area contributed by atoms with Gasteiger partial charge in [-0.05, 0) is 37.1 Å². The van der Waals surface area contributed by atoms with Gasteiger partial charge in [0.05, 0.1) is 0 Å². The fourth-order valence-electron chi connectivity index (χ4n) is 2.18. The summed E-state index contributed by atoms with van der Waals surface area (Å²) in [5.74, 6) is 1.17. The molecule has 0 bridgehead atoms. The molecule has 2 aromatic rings. The van der Waals surface area contributed by atoms with Crippen LogP contribution in [-0.4, -0.2) is 16.2 Å². The molecule has 0 amide bonds. The zero-order chi connectivity index (χ0) is 13.1. The van der Waals surface area contributed by atoms with Crippen molar-refractivity contribution in [1.29, 1.82) is 0 Å². The Morgan fingerprint density at radius 1 is 1.37 bits per heavy atom. The predicted octanol–water partition coefficient (Wildman–Crippen LogP) is 2.91. The van der Waals surface area contributed by atoms with Crippen LogP contribution in [0.25, 0.3) is 0 Å². The summed E-state index contributed by atoms with van der Waals surface area (Å²) < 4.78 is 26.0. The highest BCUT2D eigenvalue weighted by atomic mass is 19.1. The van der Waals surface area contributed by atoms with Crippen LogP contribution in [0.3, 0.4) is 0 Å². The Morgan fingerprint density at radius 3 is 2.95 bits per heavy atom. The van der Waals surface area contributed by atoms with Crippen molar-refractivity contribution < 1.29 is 13.9 Å². The van der Waals surface area contributed by atoms with Crippen molar-refractivity contribution in [3.05, 3.63) is 48.3 Å². The topological polar surface area (TPSA) is 36.3 Å². The fourth-order valence-corrected chi connectivity index (χ4v) is 2.18. The van der Waals surface area contributed by atoms with E-state index in [1.165, 1.54) is 12.1 Å². The standard InChI is InChI=1S/C14H15FN2O2/c15-11-3-5-12(6-4-11)19-10-13-16-7-8-17(13)14-2-1-9-18-14/h3-8,14H,1-2,9-10H2. The van der Waals surface area contributed by atoms with E-state index in [-0.39, 0.29) is 12.0 Å². The van der Waals surface area contributed by atoms with E-state index in [0.717, 1.165) is 25.3 Å². The first-order chi connectivity index (χ1) is 9.33. The highest BCUT2D eigenvalue weighted by molar-refractivity contribution is 5.22. The van der Waals surface area contributed by atoms with E-state index in [1.807, 2.05) is 10.8 Å². The second-order valence-electron chi connectivity index (χ2n) is 4.46. The maximum absolute atomic E-state index is 12.8. The second-order valence-corrected chi connectivity index (χ2v) is 4.46. The van der Waals surface area contributed by atoms with Crippen LogP contribution in [0.15, 0.2) is 36.7 Å². The Morgan fingerprint density at radius 2 is 2.21 bits per heavy atom. The zero-order valence-electron chi connectivity index (χ0n) is 10.5. The minimum Gasteiger partial charge on any atom is -0.486 e. The molecule has 0 spiro atoms. The lowest BCUT2D eigenvalue weighted by molar-refractivity contribution is 0.0517. The molecule has 4 nitrogen and oxygen atoms in total. The van der Waals surface area contributed by atoms with Gasteiger partial charge in [-0.25, -0.2) is 9.37 Å². The van der Waals surface area contributed by atoms with Crippen molar-refractivity contribution >= 4 is 0 Å². The largest absolute Gasteiger partial charge is 0.486 e. The Balaban J connectivity index is 1.66. The average molecular weight is 262 g/mol. The first-order valence-electron chi connectivity index (χ1n) is 6.34. The molecule has 0 radical (unpaired) electrons. The third-order valence-corrected chi connectivity index (χ3v) is 3.15. The highest BCUT2D eigenvalue weighted by Crippen LogP contribution is 2.24. The van der Waals surface area contributed by atoms with Crippen LogP contribution in [0.5, 0.6) is 5.75 Å². The molecule has 1 aliphatic heterocycles. The molecule has 0 aliphatic carbocycles. The molecule has 1 unspecified atom stereocenters. The number of rotatable bonds is 4. The predicted molar refractivity (Wildman–Crippen MR) is 67.2 cm³/mol. The Labute approximate surface area is 110 Å². The van der Waals surface area contributed by atoms with E-state index in [1.54, 1.807) is 18.3 Å². The second kappa shape index (κ2) is 5.40. The number of hydrogen-bond acceptors (Lipinski definition) is 3. The van der Waals surface area contributed by atoms with Crippen molar-refractivity contribution in [3.8, 4) is 5.75 Å². The lowest BCUT2D eigenvalue weighted by Crippen LogP contribution is -2.12. The van der Waals surface area contributed by atoms with Crippen LogP contribution in [0.1, 0.15) is 24.9 Å². The number of benzene rings is 1. The van der Waals surface area contributed by atoms with E-state index >= 15 is 0 Å². The van der Waals surface area contributed by atoms with Gasteiger partial charge in [0.1, 0.15) is 30.2 Å². The molecular weight excluding hydrogens is 247 g/mol. The molecule has 5 heteroatoms. The maximum Gasteiger partial charge on any atom is 0.148 e. The quantitative estimate of drug-likeness (QED) is 0.850. The number of imidazole rings is 1. The zero-order valence-corrected chi connectivity index (χ0v) is 10.5. The Bertz CT molecular complexity index is 533. The summed E-state index contributed by atoms with van der Waals surface area (Å²) in [6.07, 6.45) is 5.78. The Kier molecular flexibility index (Phi) is 3.46. The van der Waals surface area contributed by atoms with E-state index in [2.05, 4.69) is 4.98 Å². The summed E-state index contributed by atoms with van der Waals surface area (Å²) in [4.78, 5) is 4.28. The van der Waals surface area contributed by atoms with E-state index in [0.29, 0.717) is 12.4 Å². The van der Waals surface area contributed by atoms with Gasteiger partial charge in [-0.2, -0.15) is 0 Å². The number of nitrogens with zero attached hydrogens (tertiary/aromatic N) is 2. The molecular formula is C14H15FN2O2. The van der Waals surface area contributed by atoms with Gasteiger partial charge in [0, 0.05) is 19.0 Å². The molecule has 1 aliphatic rings. The van der Waals surface area contributed by atoms with Crippen LogP contribution < -0.4 is 4.74 Å². The molecule has 1 atom stereocenters. The summed E-state index contributed by atoms with van der Waals surface area (Å²) in [6, 6.07) is 5.97. The smallest absolute Gasteiger partial charge is 0.148 e. The van der Waals surface area contributed by atoms with E-state index < -0.39 is 0 Å². The highest BCUT2D eigenvalue weighted by Gasteiger charge is 2.19. The molecule has 1 aromatic heterocycles. The lowest BCUT2D eigenvalue weighted by Gasteiger charge is -2.15. The van der Waals surface area contributed by atoms with Crippen molar-refractivity contribution in [1.82, 2.24) is 9.55 Å². The van der Waals surface area contributed by atoms with Crippen LogP contribution in [0.4, 0.5) is 4.39 Å². The monoisotopic (exact) mass is 262 g/mol. The Hall–Kier alpha value is -1.88. The van der Waals surface area contributed by atoms with Crippen molar-refractivity contribution in [2.75, 3.05) is 6.61 Å². The van der Waals surface area contributed by atoms with Gasteiger partial charge in [0.15, 0.2) is 0 Å². The molecule has 0 saturated carbocycles. The molecule has 3 rings (SSSR count). The van der Waals surface area contributed by atoms with Gasteiger partial charge in [0.25, 0.3) is 0 Å². The molecule has 1 aromatic carbocycles. The molecule has 1 fully saturated rings. The molecule has 19 heavy (non-hydrogen) atoms. The summed E-state index contributed by atoms with van der Waals surface area (Å²) in [5, 5.41) is 0. The number of halogens is 1. The maximum atomic E-state index is 12.8. The van der Waals surface area contributed by atoms with Crippen molar-refractivity contribution in [2.45, 2.75) is 25.7 Å². The van der Waals surface area contributed by atoms with Crippen LogP contribution >= 0.6 is 0 Å². The summed E-state index contributed by atoms with van der Waals surface area (Å²) in [6.45, 7) is 1.14. The van der Waals surface area contributed by atoms with Gasteiger partial charge < -0.3 is 14.0 Å². The normalized spacial score (nSPS) is 18.7. The summed E-state index contributed by atoms with van der Waals surface area (Å²) in [5.41, 5.74) is 0. The van der Waals surface area contributed by atoms with Crippen LogP contribution in [-0.2, 0) is 11.3 Å². The average Bonchev–Trinajstić information content (AvgIpc) is 3.08. The van der Waals surface area contributed by atoms with Gasteiger partial charge in [-0.15, -0.1) is 0 Å². The van der Waals surface area contributed by atoms with Gasteiger partial charge in [-0.3, -0.25) is 0 Å². The first-order valence-corrected chi connectivity index (χ1v) is 6.34. The minimum atomic E-state index is -0.270. The minimum absolute atomic E-state index is 0.0642. The third kappa shape index (κ3) is 2.76. The van der Waals surface area contributed by atoms with E-state index in [9.17, 15) is 4.39 Å². The van der Waals surface area contributed by atoms with Gasteiger partial charge in [-0.1, -0.05) is 0 Å². The SMILES string of the molecule is Fc1ccc(OCc2nccn2C2CCCO2)cc1. The van der Waals surface area contributed by atoms with Crippen LogP contribution in [0, 0.1) is 5.82 Å². The molecule has 1 saturated heterocycles. The first kappa shape index (κ1) is 12.2. The molecule has 2 heterocycles. The number of aromatic nitrogens is 2. The summed E-state index contributed by atoms with van der Waals surface area (Å²) >= 11 is 0. The molecule has 0 N–H and O–H groups in total. The molecule has 100 valence electrons. The van der Waals surface area contributed by atoms with Crippen molar-refractivity contribution in [2.24, 2.45) is 0 Å². The lowest BCUT2D eigenvalue weighted by atomic mass is 10.3. The van der Waals surface area contributed by atoms with Gasteiger partial charge >= 0.3 is 0 Å². The van der Waals surface area contributed by atoms with Gasteiger partial charge in [0.2, 0.25) is 0 Å². The fraction of sp³-hybridized carbons (Fsp3) is 0.357. The third-order valence-electron chi connectivity index (χ3n) is 3.15. The van der Waals surface area contributed by atoms with Crippen molar-refractivity contribution in [3.63, 3.8) is 0 Å².